The van der Waals surface area contributed by atoms with Gasteiger partial charge in [-0.2, -0.15) is 0 Å². The molecule has 0 saturated carbocycles. The summed E-state index contributed by atoms with van der Waals surface area (Å²) in [5, 5.41) is 15.1. The van der Waals surface area contributed by atoms with Crippen LogP contribution in [0.4, 0.5) is 0 Å². The first-order valence-electron chi connectivity index (χ1n) is 9.65. The van der Waals surface area contributed by atoms with Gasteiger partial charge in [0.2, 0.25) is 17.7 Å². The Kier molecular flexibility index (Phi) is 6.42. The lowest BCUT2D eigenvalue weighted by Crippen LogP contribution is -2.55. The molecule has 9 heteroatoms. The predicted octanol–water partition coefficient (Wildman–Crippen LogP) is 0.496. The number of likely N-dealkylation sites (tertiary alicyclic amines) is 1. The van der Waals surface area contributed by atoms with Crippen LogP contribution >= 0.6 is 27.7 Å². The molecule has 27 heavy (non-hydrogen) atoms. The number of hydrogen-bond donors (Lipinski definition) is 3. The molecule has 0 aromatic rings. The highest BCUT2D eigenvalue weighted by atomic mass is 79.9. The van der Waals surface area contributed by atoms with Crippen LogP contribution in [0.3, 0.4) is 0 Å². The predicted molar refractivity (Wildman–Crippen MR) is 108 cm³/mol. The number of aliphatic hydroxyl groups is 1. The van der Waals surface area contributed by atoms with Gasteiger partial charge >= 0.3 is 0 Å². The third kappa shape index (κ3) is 3.29. The number of unbranched alkanes of at least 4 members (excludes halogenated alkanes) is 2. The minimum atomic E-state index is -0.645. The summed E-state index contributed by atoms with van der Waals surface area (Å²) in [6.07, 6.45) is 3.67. The van der Waals surface area contributed by atoms with E-state index >= 15 is 0 Å². The molecule has 7 nitrogen and oxygen atoms in total. The second-order valence-electron chi connectivity index (χ2n) is 7.53. The van der Waals surface area contributed by atoms with Crippen molar-refractivity contribution >= 4 is 45.4 Å². The molecule has 3 fully saturated rings. The van der Waals surface area contributed by atoms with Crippen LogP contribution in [-0.2, 0) is 14.4 Å². The van der Waals surface area contributed by atoms with Crippen molar-refractivity contribution < 1.29 is 19.5 Å². The molecule has 3 unspecified atom stereocenters. The lowest BCUT2D eigenvalue weighted by atomic mass is 9.70. The molecule has 3 rings (SSSR count). The number of β-amino-alcohol motifs (C(OH)–C–C–N with tert-alkyl or cyclic N) is 1. The van der Waals surface area contributed by atoms with Gasteiger partial charge in [0.05, 0.1) is 23.2 Å². The maximum absolute atomic E-state index is 13.2. The van der Waals surface area contributed by atoms with Crippen LogP contribution in [0, 0.1) is 11.8 Å². The van der Waals surface area contributed by atoms with E-state index in [0.29, 0.717) is 13.0 Å². The fourth-order valence-corrected chi connectivity index (χ4v) is 8.54. The van der Waals surface area contributed by atoms with E-state index in [2.05, 4.69) is 33.5 Å². The first-order valence-corrected chi connectivity index (χ1v) is 11.4. The van der Waals surface area contributed by atoms with E-state index in [-0.39, 0.29) is 41.0 Å². The normalized spacial score (nSPS) is 36.8. The van der Waals surface area contributed by atoms with E-state index in [0.717, 1.165) is 19.3 Å². The van der Waals surface area contributed by atoms with Crippen molar-refractivity contribution in [1.82, 2.24) is 15.5 Å². The number of carbonyl (C=O) groups is 3. The fraction of sp³-hybridized carbons (Fsp3) is 0.833. The van der Waals surface area contributed by atoms with Gasteiger partial charge in [0.25, 0.3) is 0 Å². The second kappa shape index (κ2) is 8.29. The van der Waals surface area contributed by atoms with Crippen molar-refractivity contribution in [2.24, 2.45) is 11.8 Å². The maximum Gasteiger partial charge on any atom is 0.244 e. The van der Waals surface area contributed by atoms with Crippen LogP contribution in [0.2, 0.25) is 0 Å². The quantitative estimate of drug-likeness (QED) is 0.361. The Morgan fingerprint density at radius 1 is 1.37 bits per heavy atom. The molecule has 3 N–H and O–H groups in total. The number of alkyl halides is 1. The highest BCUT2D eigenvalue weighted by Gasteiger charge is 2.75. The van der Waals surface area contributed by atoms with Crippen molar-refractivity contribution in [1.29, 1.82) is 0 Å². The maximum atomic E-state index is 13.2. The number of nitrogens with one attached hydrogen (secondary N) is 2. The molecule has 0 aromatic heterocycles. The summed E-state index contributed by atoms with van der Waals surface area (Å²) in [7, 11) is 1.58. The van der Waals surface area contributed by atoms with Crippen LogP contribution < -0.4 is 10.6 Å². The van der Waals surface area contributed by atoms with E-state index in [1.165, 1.54) is 4.90 Å². The monoisotopic (exact) mass is 461 g/mol. The van der Waals surface area contributed by atoms with Gasteiger partial charge in [-0.15, -0.1) is 11.8 Å². The van der Waals surface area contributed by atoms with E-state index in [1.54, 1.807) is 18.8 Å². The van der Waals surface area contributed by atoms with Gasteiger partial charge in [0.1, 0.15) is 6.04 Å². The molecule has 3 amide bonds. The van der Waals surface area contributed by atoms with E-state index < -0.39 is 22.6 Å². The molecule has 3 aliphatic rings. The number of thioether (sulfide) groups is 1. The smallest absolute Gasteiger partial charge is 0.244 e. The van der Waals surface area contributed by atoms with E-state index in [4.69, 9.17) is 0 Å². The standard InChI is InChI=1S/C18H28BrN3O4S/c1-3-4-5-6-21-16(25)14-18-9-10(19)13(27-18)11(15(24)20-2)12(18)17(26)22(14)7-8-23/h10-14,23H,3-9H2,1-2H3,(H,20,24)(H,21,25)/t10?,11-,12+,13-,14?,18?/m1/s1. The molecule has 3 saturated heterocycles. The average molecular weight is 462 g/mol. The summed E-state index contributed by atoms with van der Waals surface area (Å²) in [4.78, 5) is 40.5. The lowest BCUT2D eigenvalue weighted by Gasteiger charge is -2.35. The molecular formula is C18H28BrN3O4S. The Balaban J connectivity index is 1.90. The summed E-state index contributed by atoms with van der Waals surface area (Å²) >= 11 is 5.29. The van der Waals surface area contributed by atoms with Crippen LogP contribution in [0.1, 0.15) is 32.6 Å². The third-order valence-electron chi connectivity index (χ3n) is 6.01. The van der Waals surface area contributed by atoms with Crippen LogP contribution in [0.25, 0.3) is 0 Å². The van der Waals surface area contributed by atoms with Crippen LogP contribution in [0.15, 0.2) is 0 Å². The first kappa shape index (κ1) is 20.9. The highest BCUT2D eigenvalue weighted by molar-refractivity contribution is 9.09. The minimum Gasteiger partial charge on any atom is -0.395 e. The Morgan fingerprint density at radius 2 is 2.11 bits per heavy atom. The van der Waals surface area contributed by atoms with Gasteiger partial charge in [0.15, 0.2) is 0 Å². The largest absolute Gasteiger partial charge is 0.395 e. The molecule has 0 radical (unpaired) electrons. The zero-order valence-corrected chi connectivity index (χ0v) is 18.1. The Hall–Kier alpha value is -0.800. The van der Waals surface area contributed by atoms with Crippen molar-refractivity contribution in [2.75, 3.05) is 26.7 Å². The number of rotatable bonds is 8. The van der Waals surface area contributed by atoms with Crippen molar-refractivity contribution in [3.63, 3.8) is 0 Å². The molecule has 3 aliphatic heterocycles. The average Bonchev–Trinajstić information content (AvgIpc) is 3.22. The summed E-state index contributed by atoms with van der Waals surface area (Å²) in [5.74, 6) is -1.46. The SMILES string of the molecule is CCCCCNC(=O)C1N(CCO)C(=O)[C@@H]2[C@@H](C(=O)NC)[C@@H]3SC12CC3Br. The summed E-state index contributed by atoms with van der Waals surface area (Å²) < 4.78 is -0.614. The molecule has 1 spiro atoms. The van der Waals surface area contributed by atoms with Crippen molar-refractivity contribution in [3.8, 4) is 0 Å². The van der Waals surface area contributed by atoms with Gasteiger partial charge in [-0.05, 0) is 12.8 Å². The molecule has 152 valence electrons. The van der Waals surface area contributed by atoms with Gasteiger partial charge in [-0.1, -0.05) is 35.7 Å². The van der Waals surface area contributed by atoms with Crippen molar-refractivity contribution in [3.05, 3.63) is 0 Å². The molecule has 6 atom stereocenters. The van der Waals surface area contributed by atoms with Crippen LogP contribution in [-0.4, -0.2) is 75.3 Å². The third-order valence-corrected chi connectivity index (χ3v) is 9.23. The Labute approximate surface area is 172 Å². The highest BCUT2D eigenvalue weighted by Crippen LogP contribution is 2.67. The molecule has 0 aromatic carbocycles. The zero-order chi connectivity index (χ0) is 19.8. The number of carbonyl (C=O) groups excluding carboxylic acids is 3. The Bertz CT molecular complexity index is 621. The zero-order valence-electron chi connectivity index (χ0n) is 15.7. The van der Waals surface area contributed by atoms with Gasteiger partial charge in [-0.3, -0.25) is 14.4 Å². The number of aliphatic hydroxyl groups excluding tert-OH is 1. The van der Waals surface area contributed by atoms with E-state index in [1.807, 2.05) is 0 Å². The molecule has 2 bridgehead atoms. The lowest BCUT2D eigenvalue weighted by molar-refractivity contribution is -0.140. The summed E-state index contributed by atoms with van der Waals surface area (Å²) in [6, 6.07) is -0.645. The number of hydrogen-bond acceptors (Lipinski definition) is 5. The van der Waals surface area contributed by atoms with Crippen LogP contribution in [0.5, 0.6) is 0 Å². The second-order valence-corrected chi connectivity index (χ2v) is 10.2. The molecular weight excluding hydrogens is 434 g/mol. The van der Waals surface area contributed by atoms with E-state index in [9.17, 15) is 19.5 Å². The topological polar surface area (TPSA) is 98.7 Å². The van der Waals surface area contributed by atoms with Gasteiger partial charge in [-0.25, -0.2) is 0 Å². The summed E-state index contributed by atoms with van der Waals surface area (Å²) in [6.45, 7) is 2.59. The van der Waals surface area contributed by atoms with Gasteiger partial charge in [0, 0.05) is 30.2 Å². The molecule has 3 heterocycles. The van der Waals surface area contributed by atoms with Gasteiger partial charge < -0.3 is 20.6 Å². The number of fused-ring (bicyclic) bond motifs is 1. The molecule has 0 aliphatic carbocycles. The Morgan fingerprint density at radius 3 is 2.74 bits per heavy atom. The fourth-order valence-electron chi connectivity index (χ4n) is 4.93. The number of amides is 3. The minimum absolute atomic E-state index is 0.0226. The van der Waals surface area contributed by atoms with Crippen molar-refractivity contribution in [2.45, 2.75) is 53.5 Å². The number of halogens is 1. The number of nitrogens with zero attached hydrogens (tertiary/aromatic N) is 1. The summed E-state index contributed by atoms with van der Waals surface area (Å²) in [5.41, 5.74) is 0. The first-order chi connectivity index (χ1) is 12.9.